The molecule has 1 aromatic heterocycles. The second-order valence-corrected chi connectivity index (χ2v) is 2.76. The van der Waals surface area contributed by atoms with Gasteiger partial charge in [0, 0.05) is 12.2 Å². The molecule has 0 saturated heterocycles. The molecule has 12 heavy (non-hydrogen) atoms. The lowest BCUT2D eigenvalue weighted by Crippen LogP contribution is -2.10. The van der Waals surface area contributed by atoms with Crippen LogP contribution in [0.2, 0.25) is 0 Å². The average molecular weight is 166 g/mol. The van der Waals surface area contributed by atoms with E-state index in [1.807, 2.05) is 13.0 Å². The van der Waals surface area contributed by atoms with Gasteiger partial charge < -0.3 is 10.8 Å². The van der Waals surface area contributed by atoms with Crippen LogP contribution in [0, 0.1) is 0 Å². The van der Waals surface area contributed by atoms with Gasteiger partial charge in [-0.05, 0) is 24.1 Å². The van der Waals surface area contributed by atoms with Gasteiger partial charge in [-0.2, -0.15) is 0 Å². The quantitative estimate of drug-likeness (QED) is 0.703. The lowest BCUT2D eigenvalue weighted by molar-refractivity contribution is 0.281. The molecule has 0 saturated carbocycles. The van der Waals surface area contributed by atoms with E-state index in [9.17, 15) is 0 Å². The summed E-state index contributed by atoms with van der Waals surface area (Å²) in [6, 6.07) is 3.61. The maximum Gasteiger partial charge on any atom is 0.0683 e. The van der Waals surface area contributed by atoms with Gasteiger partial charge in [0.05, 0.1) is 12.3 Å². The maximum absolute atomic E-state index is 8.85. The van der Waals surface area contributed by atoms with E-state index in [-0.39, 0.29) is 12.6 Å². The number of nitrogens with zero attached hydrogens (tertiary/aromatic N) is 1. The summed E-state index contributed by atoms with van der Waals surface area (Å²) >= 11 is 0. The second-order valence-electron chi connectivity index (χ2n) is 2.76. The summed E-state index contributed by atoms with van der Waals surface area (Å²) in [6.45, 7) is 2.06. The van der Waals surface area contributed by atoms with Crippen molar-refractivity contribution in [2.45, 2.75) is 26.0 Å². The van der Waals surface area contributed by atoms with Gasteiger partial charge in [0.15, 0.2) is 0 Å². The van der Waals surface area contributed by atoms with Crippen LogP contribution in [0.4, 0.5) is 0 Å². The molecule has 0 aliphatic rings. The second kappa shape index (κ2) is 4.18. The number of hydrogen-bond acceptors (Lipinski definition) is 3. The van der Waals surface area contributed by atoms with E-state index in [0.29, 0.717) is 0 Å². The third kappa shape index (κ3) is 2.03. The fraction of sp³-hybridized carbons (Fsp3) is 0.444. The van der Waals surface area contributed by atoms with Crippen molar-refractivity contribution in [3.05, 3.63) is 29.6 Å². The van der Waals surface area contributed by atoms with Gasteiger partial charge in [0.25, 0.3) is 0 Å². The van der Waals surface area contributed by atoms with E-state index in [4.69, 9.17) is 10.8 Å². The van der Waals surface area contributed by atoms with E-state index in [1.54, 1.807) is 12.3 Å². The Labute approximate surface area is 72.2 Å². The summed E-state index contributed by atoms with van der Waals surface area (Å²) in [5, 5.41) is 8.85. The van der Waals surface area contributed by atoms with Crippen molar-refractivity contribution in [3.8, 4) is 0 Å². The van der Waals surface area contributed by atoms with Crippen LogP contribution in [0.1, 0.15) is 30.6 Å². The summed E-state index contributed by atoms with van der Waals surface area (Å²) in [4.78, 5) is 4.12. The van der Waals surface area contributed by atoms with E-state index >= 15 is 0 Å². The first kappa shape index (κ1) is 9.16. The third-order valence-electron chi connectivity index (χ3n) is 1.85. The Hall–Kier alpha value is -0.930. The zero-order valence-electron chi connectivity index (χ0n) is 7.20. The first-order valence-corrected chi connectivity index (χ1v) is 4.09. The van der Waals surface area contributed by atoms with Crippen molar-refractivity contribution in [1.82, 2.24) is 4.98 Å². The van der Waals surface area contributed by atoms with E-state index < -0.39 is 0 Å². The summed E-state index contributed by atoms with van der Waals surface area (Å²) in [6.07, 6.45) is 2.54. The first-order valence-electron chi connectivity index (χ1n) is 4.09. The summed E-state index contributed by atoms with van der Waals surface area (Å²) in [5.74, 6) is 0. The Morgan fingerprint density at radius 2 is 2.42 bits per heavy atom. The van der Waals surface area contributed by atoms with Gasteiger partial charge in [0.1, 0.15) is 0 Å². The third-order valence-corrected chi connectivity index (χ3v) is 1.85. The predicted molar refractivity (Wildman–Crippen MR) is 47.4 cm³/mol. The number of aromatic nitrogens is 1. The zero-order chi connectivity index (χ0) is 8.97. The molecule has 0 amide bonds. The molecule has 0 bridgehead atoms. The molecule has 1 atom stereocenters. The number of pyridine rings is 1. The van der Waals surface area contributed by atoms with Crippen LogP contribution in [0.15, 0.2) is 18.3 Å². The molecule has 1 rings (SSSR count). The number of nitrogens with two attached hydrogens (primary N) is 1. The Morgan fingerprint density at radius 1 is 1.67 bits per heavy atom. The highest BCUT2D eigenvalue weighted by atomic mass is 16.3. The molecule has 3 nitrogen and oxygen atoms in total. The van der Waals surface area contributed by atoms with Crippen LogP contribution >= 0.6 is 0 Å². The minimum Gasteiger partial charge on any atom is -0.392 e. The minimum absolute atomic E-state index is 0.0171. The summed E-state index contributed by atoms with van der Waals surface area (Å²) < 4.78 is 0. The van der Waals surface area contributed by atoms with Gasteiger partial charge in [0.2, 0.25) is 0 Å². The van der Waals surface area contributed by atoms with Gasteiger partial charge in [-0.3, -0.25) is 4.98 Å². The fourth-order valence-electron chi connectivity index (χ4n) is 1.00. The molecule has 0 aliphatic carbocycles. The number of aliphatic hydroxyl groups excluding tert-OH is 1. The van der Waals surface area contributed by atoms with E-state index in [1.165, 1.54) is 0 Å². The minimum atomic E-state index is -0.0171. The van der Waals surface area contributed by atoms with Gasteiger partial charge in [-0.25, -0.2) is 0 Å². The zero-order valence-corrected chi connectivity index (χ0v) is 7.20. The molecular formula is C9H14N2O. The van der Waals surface area contributed by atoms with Crippen LogP contribution in [-0.4, -0.2) is 10.1 Å². The molecule has 3 N–H and O–H groups in total. The first-order chi connectivity index (χ1) is 5.77. The van der Waals surface area contributed by atoms with Gasteiger partial charge in [-0.1, -0.05) is 6.92 Å². The molecule has 1 unspecified atom stereocenters. The normalized spacial score (nSPS) is 12.9. The highest BCUT2D eigenvalue weighted by molar-refractivity contribution is 5.17. The lowest BCUT2D eigenvalue weighted by atomic mass is 10.1. The largest absolute Gasteiger partial charge is 0.392 e. The summed E-state index contributed by atoms with van der Waals surface area (Å²) in [5.41, 5.74) is 7.49. The molecule has 0 aliphatic heterocycles. The fourth-order valence-corrected chi connectivity index (χ4v) is 1.00. The molecule has 1 heterocycles. The average Bonchev–Trinajstić information content (AvgIpc) is 2.17. The molecule has 1 aromatic rings. The molecule has 0 fully saturated rings. The standard InChI is InChI=1S/C9H14N2O/c1-2-8(10)9-5-7(6-12)3-4-11-9/h3-5,8,12H,2,6,10H2,1H3. The van der Waals surface area contributed by atoms with Crippen molar-refractivity contribution in [1.29, 1.82) is 0 Å². The SMILES string of the molecule is CCC(N)c1cc(CO)ccn1. The Bertz CT molecular complexity index is 250. The van der Waals surface area contributed by atoms with Gasteiger partial charge in [-0.15, -0.1) is 0 Å². The van der Waals surface area contributed by atoms with Crippen LogP contribution in [0.25, 0.3) is 0 Å². The molecule has 3 heteroatoms. The Morgan fingerprint density at radius 3 is 3.00 bits per heavy atom. The monoisotopic (exact) mass is 166 g/mol. The molecular weight excluding hydrogens is 152 g/mol. The van der Waals surface area contributed by atoms with Crippen molar-refractivity contribution >= 4 is 0 Å². The molecule has 0 radical (unpaired) electrons. The highest BCUT2D eigenvalue weighted by Gasteiger charge is 2.04. The number of rotatable bonds is 3. The van der Waals surface area contributed by atoms with Crippen molar-refractivity contribution in [2.75, 3.05) is 0 Å². The molecule has 66 valence electrons. The topological polar surface area (TPSA) is 59.1 Å². The van der Waals surface area contributed by atoms with E-state index in [2.05, 4.69) is 4.98 Å². The number of hydrogen-bond donors (Lipinski definition) is 2. The lowest BCUT2D eigenvalue weighted by Gasteiger charge is -2.08. The molecule has 0 aromatic carbocycles. The maximum atomic E-state index is 8.85. The summed E-state index contributed by atoms with van der Waals surface area (Å²) in [7, 11) is 0. The van der Waals surface area contributed by atoms with Crippen LogP contribution in [0.3, 0.4) is 0 Å². The Balaban J connectivity index is 2.86. The highest BCUT2D eigenvalue weighted by Crippen LogP contribution is 2.11. The number of aliphatic hydroxyl groups is 1. The van der Waals surface area contributed by atoms with Crippen LogP contribution < -0.4 is 5.73 Å². The van der Waals surface area contributed by atoms with Crippen LogP contribution in [-0.2, 0) is 6.61 Å². The van der Waals surface area contributed by atoms with Gasteiger partial charge >= 0.3 is 0 Å². The van der Waals surface area contributed by atoms with Crippen molar-refractivity contribution in [3.63, 3.8) is 0 Å². The predicted octanol–water partition coefficient (Wildman–Crippen LogP) is 0.984. The smallest absolute Gasteiger partial charge is 0.0683 e. The molecule has 0 spiro atoms. The van der Waals surface area contributed by atoms with Crippen LogP contribution in [0.5, 0.6) is 0 Å². The van der Waals surface area contributed by atoms with E-state index in [0.717, 1.165) is 17.7 Å². The van der Waals surface area contributed by atoms with Crippen molar-refractivity contribution < 1.29 is 5.11 Å². The Kier molecular flexibility index (Phi) is 3.19. The van der Waals surface area contributed by atoms with Crippen molar-refractivity contribution in [2.24, 2.45) is 5.73 Å².